The second-order valence-corrected chi connectivity index (χ2v) is 16.9. The molecule has 1 aromatic rings. The largest absolute Gasteiger partial charge is 0.463 e. The summed E-state index contributed by atoms with van der Waals surface area (Å²) in [7, 11) is 0. The first kappa shape index (κ1) is 57.0. The van der Waals surface area contributed by atoms with Gasteiger partial charge in [0.15, 0.2) is 18.9 Å². The van der Waals surface area contributed by atoms with Gasteiger partial charge in [-0.25, -0.2) is 8.78 Å². The molecule has 1 aromatic carbocycles. The Kier molecular flexibility index (Phi) is 22.0. The van der Waals surface area contributed by atoms with E-state index in [1.807, 2.05) is 6.92 Å². The van der Waals surface area contributed by atoms with E-state index in [9.17, 15) is 80.0 Å². The zero-order valence-corrected chi connectivity index (χ0v) is 37.3. The fourth-order valence-electron chi connectivity index (χ4n) is 8.23. The van der Waals surface area contributed by atoms with E-state index in [0.29, 0.717) is 12.2 Å². The van der Waals surface area contributed by atoms with Gasteiger partial charge in [-0.3, -0.25) is 4.79 Å². The van der Waals surface area contributed by atoms with E-state index in [1.54, 1.807) is 0 Å². The fraction of sp³-hybridized carbons (Fsp3) is 0.791. The fourth-order valence-corrected chi connectivity index (χ4v) is 8.23. The van der Waals surface area contributed by atoms with Crippen molar-refractivity contribution in [2.45, 2.75) is 162 Å². The molecule has 13 N–H and O–H groups in total. The highest BCUT2D eigenvalue weighted by Gasteiger charge is 2.55. The van der Waals surface area contributed by atoms with Crippen molar-refractivity contribution >= 4 is 5.97 Å². The maximum atomic E-state index is 14.5. The van der Waals surface area contributed by atoms with Crippen molar-refractivity contribution in [1.82, 2.24) is 0 Å². The number of terminal acetylenes is 1. The number of carbonyl (C=O) groups is 1. The van der Waals surface area contributed by atoms with Crippen molar-refractivity contribution in [3.63, 3.8) is 0 Å². The topological polar surface area (TPSA) is 372 Å². The number of rotatable bonds is 23. The summed E-state index contributed by atoms with van der Waals surface area (Å²) >= 11 is 0. The van der Waals surface area contributed by atoms with Crippen LogP contribution in [0.25, 0.3) is 0 Å². The number of aliphatic hydroxyl groups excluding tert-OH is 13. The molecule has 9 unspecified atom stereocenters. The first-order chi connectivity index (χ1) is 32.9. The Hall–Kier alpha value is -2.93. The van der Waals surface area contributed by atoms with Crippen molar-refractivity contribution in [3.8, 4) is 18.1 Å². The minimum atomic E-state index is -3.14. The highest BCUT2D eigenvalue weighted by molar-refractivity contribution is 5.69. The van der Waals surface area contributed by atoms with Gasteiger partial charge in [0.1, 0.15) is 110 Å². The average molecular weight is 1000 g/mol. The molecule has 4 fully saturated rings. The van der Waals surface area contributed by atoms with Gasteiger partial charge in [0.05, 0.1) is 38.6 Å². The van der Waals surface area contributed by atoms with Crippen molar-refractivity contribution in [2.24, 2.45) is 5.92 Å². The summed E-state index contributed by atoms with van der Waals surface area (Å²) in [5.41, 5.74) is -0.297. The lowest BCUT2D eigenvalue weighted by molar-refractivity contribution is -0.387. The Labute approximate surface area is 394 Å². The number of benzene rings is 1. The van der Waals surface area contributed by atoms with Gasteiger partial charge in [-0.2, -0.15) is 0 Å². The molecule has 26 heteroatoms. The van der Waals surface area contributed by atoms with Gasteiger partial charge in [-0.15, -0.1) is 12.3 Å². The molecular formula is C43H64F2O24. The molecule has 4 aliphatic heterocycles. The van der Waals surface area contributed by atoms with Gasteiger partial charge >= 0.3 is 5.97 Å². The summed E-state index contributed by atoms with van der Waals surface area (Å²) < 4.78 is 84.0. The summed E-state index contributed by atoms with van der Waals surface area (Å²) in [5.74, 6) is 0.964. The molecule has 69 heavy (non-hydrogen) atoms. The number of esters is 1. The van der Waals surface area contributed by atoms with E-state index in [-0.39, 0.29) is 32.5 Å². The summed E-state index contributed by atoms with van der Waals surface area (Å²) in [6, 6.07) is 3.69. The van der Waals surface area contributed by atoms with Gasteiger partial charge in [0.2, 0.25) is 6.29 Å². The number of alkyl halides is 2. The first-order valence-corrected chi connectivity index (χ1v) is 22.3. The Balaban J connectivity index is 1.20. The highest BCUT2D eigenvalue weighted by Crippen LogP contribution is 2.37. The van der Waals surface area contributed by atoms with Crippen LogP contribution in [0, 0.1) is 18.3 Å². The van der Waals surface area contributed by atoms with Crippen LogP contribution in [0.2, 0.25) is 0 Å². The lowest BCUT2D eigenvalue weighted by atomic mass is 9.92. The molecule has 0 aromatic heterocycles. The van der Waals surface area contributed by atoms with Crippen molar-refractivity contribution in [1.29, 1.82) is 0 Å². The second kappa shape index (κ2) is 26.7. The maximum absolute atomic E-state index is 14.5. The minimum Gasteiger partial charge on any atom is -0.463 e. The van der Waals surface area contributed by atoms with Crippen LogP contribution in [-0.2, 0) is 53.8 Å². The van der Waals surface area contributed by atoms with Crippen LogP contribution in [0.15, 0.2) is 18.2 Å². The summed E-state index contributed by atoms with van der Waals surface area (Å²) in [4.78, 5) is 12.4. The van der Waals surface area contributed by atoms with Crippen molar-refractivity contribution in [2.75, 3.05) is 46.2 Å². The van der Waals surface area contributed by atoms with Crippen LogP contribution < -0.4 is 4.74 Å². The SMILES string of the molecule is C#CCC(CC(=O)OCCOCCC)Cc1ccc(O[C@@H]2OC(CO)[C@H](O[C@H]3OC(CO)[C@H](O[C@H]4OC(CO)[C@@H](O[C@H]5OC(CO)[C@@H](O)[C@H](O)C5O)[C@H](O)C4O)[C@H](O)C3O)[C@H](O)C2O)c(C(F)F)c1. The van der Waals surface area contributed by atoms with Crippen molar-refractivity contribution in [3.05, 3.63) is 29.3 Å². The van der Waals surface area contributed by atoms with E-state index in [0.717, 1.165) is 18.6 Å². The summed E-state index contributed by atoms with van der Waals surface area (Å²) in [6.07, 6.45) is -34.1. The third kappa shape index (κ3) is 14.0. The van der Waals surface area contributed by atoms with E-state index in [1.165, 1.54) is 6.07 Å². The first-order valence-electron chi connectivity index (χ1n) is 22.3. The van der Waals surface area contributed by atoms with Crippen LogP contribution in [-0.4, -0.2) is 241 Å². The van der Waals surface area contributed by atoms with E-state index < -0.39 is 179 Å². The molecule has 0 radical (unpaired) electrons. The Morgan fingerprint density at radius 2 is 1.10 bits per heavy atom. The quantitative estimate of drug-likeness (QED) is 0.0277. The molecule has 0 saturated carbocycles. The van der Waals surface area contributed by atoms with E-state index >= 15 is 0 Å². The average Bonchev–Trinajstić information content (AvgIpc) is 3.33. The lowest BCUT2D eigenvalue weighted by Gasteiger charge is -2.49. The van der Waals surface area contributed by atoms with Crippen LogP contribution in [0.5, 0.6) is 5.75 Å². The highest BCUT2D eigenvalue weighted by atomic mass is 19.3. The number of carbonyl (C=O) groups excluding carboxylic acids is 1. The van der Waals surface area contributed by atoms with Crippen molar-refractivity contribution < 1.29 is 127 Å². The van der Waals surface area contributed by atoms with Crippen LogP contribution in [0.3, 0.4) is 0 Å². The van der Waals surface area contributed by atoms with E-state index in [4.69, 9.17) is 53.8 Å². The Morgan fingerprint density at radius 3 is 1.57 bits per heavy atom. The monoisotopic (exact) mass is 1000 g/mol. The number of hydrogen-bond acceptors (Lipinski definition) is 24. The summed E-state index contributed by atoms with van der Waals surface area (Å²) in [6.45, 7) is -1.05. The smallest absolute Gasteiger partial charge is 0.306 e. The van der Waals surface area contributed by atoms with Gasteiger partial charge < -0.3 is 114 Å². The number of halogens is 2. The molecule has 4 heterocycles. The predicted molar refractivity (Wildman–Crippen MR) is 221 cm³/mol. The van der Waals surface area contributed by atoms with Gasteiger partial charge in [-0.05, 0) is 36.5 Å². The van der Waals surface area contributed by atoms with Gasteiger partial charge in [-0.1, -0.05) is 13.0 Å². The lowest BCUT2D eigenvalue weighted by Crippen LogP contribution is -2.67. The second-order valence-electron chi connectivity index (χ2n) is 16.9. The molecule has 4 aliphatic rings. The molecule has 24 nitrogen and oxygen atoms in total. The Bertz CT molecular complexity index is 1760. The Morgan fingerprint density at radius 1 is 0.638 bits per heavy atom. The molecule has 0 aliphatic carbocycles. The number of aliphatic hydroxyl groups is 13. The zero-order chi connectivity index (χ0) is 50.7. The van der Waals surface area contributed by atoms with Crippen LogP contribution in [0.1, 0.15) is 43.7 Å². The third-order valence-corrected chi connectivity index (χ3v) is 12.0. The normalized spacial score (nSPS) is 38.9. The third-order valence-electron chi connectivity index (χ3n) is 12.0. The molecule has 0 amide bonds. The standard InChI is InChI=1S/C43H64F2O24/c1-3-5-18(13-26(50)61-10-9-60-8-4-2)11-19-6-7-21(20(12-19)39(44)45)62-40-33(57)29(53)36(23(15-47)64-40)68-42-35(59)31(55)38(25(17-49)66-42)69-43-34(58)30(54)37(24(16-48)65-43)67-41-32(56)28(52)27(51)22(14-46)63-41/h1,6-7,12,18,22-25,27-43,46-49,51-59H,4-5,8-11,13-17H2,2H3/t18?,22?,23?,24?,25?,27-,28+,29-,30-,31-,32?,33?,34?,35?,36+,37-,38+,40-,41-,42-,43-/m1/s1. The molecular weight excluding hydrogens is 938 g/mol. The van der Waals surface area contributed by atoms with Gasteiger partial charge in [0, 0.05) is 19.4 Å². The molecule has 394 valence electrons. The molecule has 4 saturated heterocycles. The molecule has 21 atom stereocenters. The minimum absolute atomic E-state index is 0.0316. The number of hydrogen-bond donors (Lipinski definition) is 13. The predicted octanol–water partition coefficient (Wildman–Crippen LogP) is -5.18. The molecule has 0 spiro atoms. The van der Waals surface area contributed by atoms with Crippen LogP contribution >= 0.6 is 0 Å². The van der Waals surface area contributed by atoms with Gasteiger partial charge in [0.25, 0.3) is 6.43 Å². The van der Waals surface area contributed by atoms with Crippen LogP contribution in [0.4, 0.5) is 8.78 Å². The summed E-state index contributed by atoms with van der Waals surface area (Å²) in [5, 5.41) is 137. The maximum Gasteiger partial charge on any atom is 0.306 e. The molecule has 5 rings (SSSR count). The van der Waals surface area contributed by atoms with E-state index in [2.05, 4.69) is 5.92 Å². The zero-order valence-electron chi connectivity index (χ0n) is 37.3. The number of ether oxygens (including phenoxy) is 10. The molecule has 0 bridgehead atoms.